The van der Waals surface area contributed by atoms with Crippen molar-refractivity contribution < 1.29 is 9.90 Å². The van der Waals surface area contributed by atoms with Gasteiger partial charge >= 0.3 is 5.97 Å². The Morgan fingerprint density at radius 1 is 1.60 bits per heavy atom. The molecule has 3 heteroatoms. The van der Waals surface area contributed by atoms with Crippen molar-refractivity contribution in [3.8, 4) is 0 Å². The molecule has 0 fully saturated rings. The average molecular weight is 145 g/mol. The van der Waals surface area contributed by atoms with Gasteiger partial charge in [-0.05, 0) is 25.3 Å². The molecule has 0 aromatic rings. The third kappa shape index (κ3) is 5.56. The summed E-state index contributed by atoms with van der Waals surface area (Å²) in [7, 11) is 0. The molecule has 0 spiro atoms. The van der Waals surface area contributed by atoms with Crippen molar-refractivity contribution in [3.05, 3.63) is 0 Å². The van der Waals surface area contributed by atoms with E-state index in [-0.39, 0.29) is 6.42 Å². The predicted molar refractivity (Wildman–Crippen MR) is 39.7 cm³/mol. The van der Waals surface area contributed by atoms with Crippen LogP contribution in [0, 0.1) is 5.92 Å². The number of hydrogen-bond acceptors (Lipinski definition) is 2. The zero-order valence-electron chi connectivity index (χ0n) is 6.34. The molecule has 0 aromatic carbocycles. The number of nitrogens with two attached hydrogens (primary N) is 1. The lowest BCUT2D eigenvalue weighted by Crippen LogP contribution is -2.07. The van der Waals surface area contributed by atoms with E-state index in [0.717, 1.165) is 12.8 Å². The number of aliphatic carboxylic acids is 1. The van der Waals surface area contributed by atoms with Crippen LogP contribution in [0.3, 0.4) is 0 Å². The third-order valence-electron chi connectivity index (χ3n) is 1.51. The van der Waals surface area contributed by atoms with Crippen LogP contribution in [-0.2, 0) is 4.79 Å². The standard InChI is InChI=1S/C7H15NO2/c1-6(4-5-8)2-3-7(9)10/h6H,2-5,8H2,1H3,(H,9,10). The Kier molecular flexibility index (Phi) is 4.94. The molecular weight excluding hydrogens is 130 g/mol. The zero-order valence-corrected chi connectivity index (χ0v) is 6.34. The molecule has 0 aromatic heterocycles. The molecule has 0 radical (unpaired) electrons. The summed E-state index contributed by atoms with van der Waals surface area (Å²) in [6.45, 7) is 2.68. The van der Waals surface area contributed by atoms with Gasteiger partial charge in [0.2, 0.25) is 0 Å². The van der Waals surface area contributed by atoms with E-state index in [0.29, 0.717) is 12.5 Å². The lowest BCUT2D eigenvalue weighted by atomic mass is 10.0. The average Bonchev–Trinajstić information content (AvgIpc) is 1.85. The van der Waals surface area contributed by atoms with Gasteiger partial charge in [-0.3, -0.25) is 4.79 Å². The Morgan fingerprint density at radius 2 is 2.20 bits per heavy atom. The zero-order chi connectivity index (χ0) is 7.98. The second kappa shape index (κ2) is 5.23. The van der Waals surface area contributed by atoms with Gasteiger partial charge in [-0.15, -0.1) is 0 Å². The molecule has 60 valence electrons. The first-order chi connectivity index (χ1) is 4.66. The van der Waals surface area contributed by atoms with Crippen LogP contribution >= 0.6 is 0 Å². The second-order valence-corrected chi connectivity index (χ2v) is 2.61. The minimum absolute atomic E-state index is 0.265. The highest BCUT2D eigenvalue weighted by molar-refractivity contribution is 5.66. The summed E-state index contributed by atoms with van der Waals surface area (Å²) in [5.41, 5.74) is 5.29. The van der Waals surface area contributed by atoms with E-state index in [1.807, 2.05) is 6.92 Å². The molecule has 1 atom stereocenters. The van der Waals surface area contributed by atoms with Crippen molar-refractivity contribution in [1.29, 1.82) is 0 Å². The largest absolute Gasteiger partial charge is 0.481 e. The van der Waals surface area contributed by atoms with Crippen molar-refractivity contribution in [1.82, 2.24) is 0 Å². The quantitative estimate of drug-likeness (QED) is 0.602. The lowest BCUT2D eigenvalue weighted by molar-refractivity contribution is -0.137. The summed E-state index contributed by atoms with van der Waals surface area (Å²) < 4.78 is 0. The van der Waals surface area contributed by atoms with Crippen molar-refractivity contribution >= 4 is 5.97 Å². The highest BCUT2D eigenvalue weighted by Crippen LogP contribution is 2.08. The summed E-state index contributed by atoms with van der Waals surface area (Å²) in [6, 6.07) is 0. The lowest BCUT2D eigenvalue weighted by Gasteiger charge is -2.06. The van der Waals surface area contributed by atoms with Gasteiger partial charge < -0.3 is 10.8 Å². The van der Waals surface area contributed by atoms with E-state index in [1.165, 1.54) is 0 Å². The Bertz CT molecular complexity index is 104. The van der Waals surface area contributed by atoms with E-state index in [2.05, 4.69) is 0 Å². The van der Waals surface area contributed by atoms with E-state index in [1.54, 1.807) is 0 Å². The highest BCUT2D eigenvalue weighted by Gasteiger charge is 2.03. The maximum atomic E-state index is 10.1. The monoisotopic (exact) mass is 145 g/mol. The van der Waals surface area contributed by atoms with Crippen LogP contribution in [0.2, 0.25) is 0 Å². The molecule has 0 aliphatic carbocycles. The predicted octanol–water partition coefficient (Wildman–Crippen LogP) is 0.836. The molecule has 0 saturated heterocycles. The first-order valence-electron chi connectivity index (χ1n) is 3.58. The number of carboxylic acid groups (broad SMARTS) is 1. The molecule has 0 heterocycles. The fraction of sp³-hybridized carbons (Fsp3) is 0.857. The molecule has 0 amide bonds. The Labute approximate surface area is 61.2 Å². The second-order valence-electron chi connectivity index (χ2n) is 2.61. The molecule has 0 saturated carbocycles. The topological polar surface area (TPSA) is 63.3 Å². The normalized spacial score (nSPS) is 13.0. The van der Waals surface area contributed by atoms with Crippen LogP contribution < -0.4 is 5.73 Å². The van der Waals surface area contributed by atoms with Gasteiger partial charge in [0.25, 0.3) is 0 Å². The van der Waals surface area contributed by atoms with E-state index in [9.17, 15) is 4.79 Å². The highest BCUT2D eigenvalue weighted by atomic mass is 16.4. The van der Waals surface area contributed by atoms with Gasteiger partial charge in [0.15, 0.2) is 0 Å². The molecule has 10 heavy (non-hydrogen) atoms. The maximum Gasteiger partial charge on any atom is 0.303 e. The van der Waals surface area contributed by atoms with Crippen LogP contribution in [-0.4, -0.2) is 17.6 Å². The van der Waals surface area contributed by atoms with E-state index >= 15 is 0 Å². The van der Waals surface area contributed by atoms with Gasteiger partial charge in [0.05, 0.1) is 0 Å². The fourth-order valence-corrected chi connectivity index (χ4v) is 0.799. The summed E-state index contributed by atoms with van der Waals surface area (Å²) in [4.78, 5) is 10.1. The fourth-order valence-electron chi connectivity index (χ4n) is 0.799. The minimum Gasteiger partial charge on any atom is -0.481 e. The van der Waals surface area contributed by atoms with Crippen molar-refractivity contribution in [2.24, 2.45) is 11.7 Å². The number of carbonyl (C=O) groups is 1. The molecule has 0 rings (SSSR count). The van der Waals surface area contributed by atoms with Crippen molar-refractivity contribution in [3.63, 3.8) is 0 Å². The molecule has 3 N–H and O–H groups in total. The summed E-state index contributed by atoms with van der Waals surface area (Å²) in [5, 5.41) is 8.30. The Hall–Kier alpha value is -0.570. The Morgan fingerprint density at radius 3 is 2.60 bits per heavy atom. The molecule has 1 unspecified atom stereocenters. The minimum atomic E-state index is -0.719. The van der Waals surface area contributed by atoms with Gasteiger partial charge in [0.1, 0.15) is 0 Å². The number of rotatable bonds is 5. The molecule has 0 aliphatic rings. The first-order valence-corrected chi connectivity index (χ1v) is 3.58. The van der Waals surface area contributed by atoms with E-state index in [4.69, 9.17) is 10.8 Å². The Balaban J connectivity index is 3.21. The number of carboxylic acids is 1. The molecule has 0 bridgehead atoms. The number of hydrogen-bond donors (Lipinski definition) is 2. The van der Waals surface area contributed by atoms with Crippen molar-refractivity contribution in [2.75, 3.05) is 6.54 Å². The molecule has 0 aliphatic heterocycles. The van der Waals surface area contributed by atoms with Crippen LogP contribution in [0.5, 0.6) is 0 Å². The summed E-state index contributed by atoms with van der Waals surface area (Å²) in [5.74, 6) is -0.273. The SMILES string of the molecule is CC(CCN)CCC(=O)O. The van der Waals surface area contributed by atoms with Gasteiger partial charge in [-0.1, -0.05) is 6.92 Å². The van der Waals surface area contributed by atoms with Crippen LogP contribution in [0.4, 0.5) is 0 Å². The summed E-state index contributed by atoms with van der Waals surface area (Å²) >= 11 is 0. The van der Waals surface area contributed by atoms with Crippen LogP contribution in [0.15, 0.2) is 0 Å². The maximum absolute atomic E-state index is 10.1. The third-order valence-corrected chi connectivity index (χ3v) is 1.51. The molecule has 3 nitrogen and oxygen atoms in total. The van der Waals surface area contributed by atoms with Crippen molar-refractivity contribution in [2.45, 2.75) is 26.2 Å². The van der Waals surface area contributed by atoms with Gasteiger partial charge in [-0.25, -0.2) is 0 Å². The van der Waals surface area contributed by atoms with Gasteiger partial charge in [-0.2, -0.15) is 0 Å². The van der Waals surface area contributed by atoms with E-state index < -0.39 is 5.97 Å². The van der Waals surface area contributed by atoms with Crippen LogP contribution in [0.25, 0.3) is 0 Å². The van der Waals surface area contributed by atoms with Crippen LogP contribution in [0.1, 0.15) is 26.2 Å². The first kappa shape index (κ1) is 9.43. The molecular formula is C7H15NO2. The smallest absolute Gasteiger partial charge is 0.303 e. The van der Waals surface area contributed by atoms with Gasteiger partial charge in [0, 0.05) is 6.42 Å². The summed E-state index contributed by atoms with van der Waals surface area (Å²) in [6.07, 6.45) is 1.93.